The van der Waals surface area contributed by atoms with Crippen LogP contribution in [0.4, 0.5) is 0 Å². The van der Waals surface area contributed by atoms with Crippen LogP contribution in [-0.4, -0.2) is 86.8 Å². The third-order valence-electron chi connectivity index (χ3n) is 12.2. The fourth-order valence-corrected chi connectivity index (χ4v) is 10.0. The summed E-state index contributed by atoms with van der Waals surface area (Å²) in [6.07, 6.45) is -5.70. The van der Waals surface area contributed by atoms with Crippen LogP contribution in [0.25, 0.3) is 0 Å². The van der Waals surface area contributed by atoms with Gasteiger partial charge in [-0.05, 0) is 42.8 Å². The third-order valence-corrected chi connectivity index (χ3v) is 12.7. The minimum absolute atomic E-state index is 0.0393. The number of hydrogen-bond donors (Lipinski definition) is 3. The molecule has 3 N–H and O–H groups in total. The summed E-state index contributed by atoms with van der Waals surface area (Å²) in [5.41, 5.74) is -6.46. The molecule has 54 heavy (non-hydrogen) atoms. The number of aliphatic hydroxyl groups is 3. The molecule has 4 aliphatic heterocycles. The number of fused-ring (bicyclic) bond motifs is 2. The second-order valence-corrected chi connectivity index (χ2v) is 15.8. The van der Waals surface area contributed by atoms with E-state index in [0.717, 1.165) is 0 Å². The molecule has 3 aliphatic carbocycles. The zero-order valence-electron chi connectivity index (χ0n) is 29.1. The molecule has 13 heteroatoms. The van der Waals surface area contributed by atoms with E-state index in [1.54, 1.807) is 98.8 Å². The van der Waals surface area contributed by atoms with E-state index < -0.39 is 89.3 Å². The van der Waals surface area contributed by atoms with Crippen molar-refractivity contribution >= 4 is 35.1 Å². The molecular weight excluding hydrogens is 739 g/mol. The first-order valence-corrected chi connectivity index (χ1v) is 18.4. The monoisotopic (exact) mass is 774 g/mol. The average molecular weight is 776 g/mol. The quantitative estimate of drug-likeness (QED) is 0.171. The standard InChI is InChI=1S/C41H36Cl2O11/c1-21(2)39(53-35(46)24-15-9-5-10-16-24)30-22(3)40-27-19-26(33(42)43)29(44)38(27,48)36(47)37(20-49-34(45)23-13-7-4-8-14-23)31(50-37)28(40)32(39)52-41(51-30,54-40)25-17-11-6-12-18-25/h4-19,22,28-32,36,44,47-48H,1,20H2,2-3H3/t22-,28+,29+,30-,31+,32-,36-,37?,38-,39+,40+,41?/m1/s1. The van der Waals surface area contributed by atoms with Crippen molar-refractivity contribution in [3.05, 3.63) is 142 Å². The average Bonchev–Trinajstić information content (AvgIpc) is 3.84. The number of aliphatic hydroxyl groups excluding tert-OH is 2. The van der Waals surface area contributed by atoms with E-state index in [4.69, 9.17) is 51.6 Å². The highest BCUT2D eigenvalue weighted by molar-refractivity contribution is 6.56. The van der Waals surface area contributed by atoms with Crippen LogP contribution < -0.4 is 0 Å². The van der Waals surface area contributed by atoms with Gasteiger partial charge in [-0.2, -0.15) is 0 Å². The van der Waals surface area contributed by atoms with E-state index >= 15 is 0 Å². The molecule has 12 atom stereocenters. The first kappa shape index (κ1) is 35.8. The molecule has 2 unspecified atom stereocenters. The van der Waals surface area contributed by atoms with E-state index in [1.807, 2.05) is 6.07 Å². The van der Waals surface area contributed by atoms with E-state index in [0.29, 0.717) is 11.1 Å². The van der Waals surface area contributed by atoms with Crippen LogP contribution in [0.15, 0.2) is 125 Å². The summed E-state index contributed by atoms with van der Waals surface area (Å²) in [6.45, 7) is 7.28. The predicted molar refractivity (Wildman–Crippen MR) is 192 cm³/mol. The van der Waals surface area contributed by atoms with Crippen LogP contribution in [0, 0.1) is 11.8 Å². The molecule has 0 aromatic heterocycles. The molecule has 4 saturated heterocycles. The Bertz CT molecular complexity index is 2130. The highest BCUT2D eigenvalue weighted by atomic mass is 35.5. The second kappa shape index (κ2) is 12.1. The Labute approximate surface area is 320 Å². The fraction of sp³-hybridized carbons (Fsp3) is 0.366. The normalized spacial score (nSPS) is 40.8. The number of esters is 2. The summed E-state index contributed by atoms with van der Waals surface area (Å²) in [6, 6.07) is 25.6. The summed E-state index contributed by atoms with van der Waals surface area (Å²) in [5, 5.41) is 37.3. The third kappa shape index (κ3) is 4.50. The van der Waals surface area contributed by atoms with E-state index in [9.17, 15) is 24.9 Å². The Kier molecular flexibility index (Phi) is 7.99. The minimum Gasteiger partial charge on any atom is -0.459 e. The SMILES string of the molecule is C=C(C)[C@@]1(OC(=O)c2ccccc2)[C@@H]2OC3(c4ccccc4)O[C@@H]1[C@@H](C)[C@]1(O3)C3=CC(=C(Cl)Cl)[C@H](O)[C@@]3(O)[C@H](O)C3(COC(=O)c4ccccc4)O[C@H]3[C@@H]21. The van der Waals surface area contributed by atoms with Crippen molar-refractivity contribution in [3.63, 3.8) is 0 Å². The van der Waals surface area contributed by atoms with Gasteiger partial charge in [0.15, 0.2) is 11.2 Å². The molecule has 6 fully saturated rings. The van der Waals surface area contributed by atoms with Crippen LogP contribution in [0.5, 0.6) is 0 Å². The molecule has 10 rings (SSSR count). The number of benzene rings is 3. The van der Waals surface area contributed by atoms with Gasteiger partial charge in [-0.25, -0.2) is 9.59 Å². The molecular formula is C41H36Cl2O11. The lowest BCUT2D eigenvalue weighted by Crippen LogP contribution is -2.85. The smallest absolute Gasteiger partial charge is 0.339 e. The van der Waals surface area contributed by atoms with Crippen molar-refractivity contribution in [3.8, 4) is 0 Å². The van der Waals surface area contributed by atoms with Gasteiger partial charge in [0.25, 0.3) is 0 Å². The fourth-order valence-electron chi connectivity index (χ4n) is 9.69. The van der Waals surface area contributed by atoms with Crippen LogP contribution in [0.2, 0.25) is 0 Å². The molecule has 7 aliphatic rings. The van der Waals surface area contributed by atoms with Gasteiger partial charge in [0.05, 0.1) is 17.0 Å². The molecule has 2 saturated carbocycles. The van der Waals surface area contributed by atoms with Crippen molar-refractivity contribution in [2.24, 2.45) is 11.8 Å². The highest BCUT2D eigenvalue weighted by Crippen LogP contribution is 2.74. The summed E-state index contributed by atoms with van der Waals surface area (Å²) in [5.74, 6) is -5.20. The first-order valence-electron chi connectivity index (χ1n) is 17.6. The van der Waals surface area contributed by atoms with E-state index in [1.165, 1.54) is 6.08 Å². The summed E-state index contributed by atoms with van der Waals surface area (Å²) < 4.78 is 39.4. The van der Waals surface area contributed by atoms with Gasteiger partial charge in [0, 0.05) is 22.6 Å². The van der Waals surface area contributed by atoms with Crippen LogP contribution in [0.3, 0.4) is 0 Å². The maximum atomic E-state index is 14.1. The van der Waals surface area contributed by atoms with Crippen molar-refractivity contribution in [1.82, 2.24) is 0 Å². The van der Waals surface area contributed by atoms with Crippen LogP contribution >= 0.6 is 23.2 Å². The second-order valence-electron chi connectivity index (χ2n) is 14.9. The number of ether oxygens (including phenoxy) is 6. The van der Waals surface area contributed by atoms with Crippen molar-refractivity contribution in [2.75, 3.05) is 6.61 Å². The molecule has 280 valence electrons. The lowest BCUT2D eigenvalue weighted by atomic mass is 9.53. The van der Waals surface area contributed by atoms with Gasteiger partial charge in [-0.3, -0.25) is 0 Å². The lowest BCUT2D eigenvalue weighted by Gasteiger charge is -2.72. The summed E-state index contributed by atoms with van der Waals surface area (Å²) >= 11 is 12.7. The Morgan fingerprint density at radius 1 is 0.833 bits per heavy atom. The molecule has 11 nitrogen and oxygen atoms in total. The number of rotatable bonds is 7. The molecule has 3 aromatic rings. The number of epoxide rings is 1. The Morgan fingerprint density at radius 2 is 1.41 bits per heavy atom. The summed E-state index contributed by atoms with van der Waals surface area (Å²) in [7, 11) is 0. The number of carbonyl (C=O) groups is 2. The molecule has 3 aromatic carbocycles. The Balaban J connectivity index is 1.27. The number of halogens is 2. The topological polar surface area (TPSA) is 154 Å². The zero-order chi connectivity index (χ0) is 38.0. The molecule has 1 spiro atoms. The maximum Gasteiger partial charge on any atom is 0.339 e. The van der Waals surface area contributed by atoms with Gasteiger partial charge in [-0.15, -0.1) is 0 Å². The highest BCUT2D eigenvalue weighted by Gasteiger charge is 2.89. The van der Waals surface area contributed by atoms with Crippen molar-refractivity contribution in [2.45, 2.75) is 72.7 Å². The van der Waals surface area contributed by atoms with E-state index in [-0.39, 0.29) is 26.8 Å². The molecule has 0 amide bonds. The first-order chi connectivity index (χ1) is 25.8. The maximum absolute atomic E-state index is 14.1. The van der Waals surface area contributed by atoms with Crippen molar-refractivity contribution in [1.29, 1.82) is 0 Å². The van der Waals surface area contributed by atoms with Gasteiger partial charge in [0.2, 0.25) is 0 Å². The molecule has 4 heterocycles. The van der Waals surface area contributed by atoms with Crippen LogP contribution in [0.1, 0.15) is 40.1 Å². The van der Waals surface area contributed by atoms with Gasteiger partial charge in [0.1, 0.15) is 52.8 Å². The number of hydrogen-bond acceptors (Lipinski definition) is 11. The Morgan fingerprint density at radius 3 is 2.00 bits per heavy atom. The Hall–Kier alpha value is -3.88. The van der Waals surface area contributed by atoms with Gasteiger partial charge in [-0.1, -0.05) is 103 Å². The van der Waals surface area contributed by atoms with Crippen molar-refractivity contribution < 1.29 is 53.3 Å². The largest absolute Gasteiger partial charge is 0.459 e. The predicted octanol–water partition coefficient (Wildman–Crippen LogP) is 4.88. The zero-order valence-corrected chi connectivity index (χ0v) is 30.6. The molecule has 0 radical (unpaired) electrons. The van der Waals surface area contributed by atoms with Gasteiger partial charge >= 0.3 is 17.9 Å². The minimum atomic E-state index is -2.56. The van der Waals surface area contributed by atoms with Gasteiger partial charge < -0.3 is 43.7 Å². The lowest BCUT2D eigenvalue weighted by molar-refractivity contribution is -0.570. The molecule has 4 bridgehead atoms. The number of carbonyl (C=O) groups excluding carboxylic acids is 2. The van der Waals surface area contributed by atoms with Crippen LogP contribution in [-0.2, 0) is 34.4 Å². The van der Waals surface area contributed by atoms with E-state index in [2.05, 4.69) is 6.58 Å². The summed E-state index contributed by atoms with van der Waals surface area (Å²) in [4.78, 5) is 27.4.